The molecule has 0 fully saturated rings. The van der Waals surface area contributed by atoms with Gasteiger partial charge in [0.25, 0.3) is 0 Å². The Bertz CT molecular complexity index is 624. The van der Waals surface area contributed by atoms with E-state index in [4.69, 9.17) is 34.3 Å². The van der Waals surface area contributed by atoms with Crippen LogP contribution in [0.1, 0.15) is 11.1 Å². The van der Waals surface area contributed by atoms with E-state index in [1.54, 1.807) is 12.1 Å². The van der Waals surface area contributed by atoms with Gasteiger partial charge in [0.15, 0.2) is 0 Å². The van der Waals surface area contributed by atoms with Gasteiger partial charge in [0.1, 0.15) is 5.84 Å². The zero-order chi connectivity index (χ0) is 14.7. The van der Waals surface area contributed by atoms with E-state index in [0.717, 1.165) is 11.3 Å². The summed E-state index contributed by atoms with van der Waals surface area (Å²) >= 11 is 11.8. The Hall–Kier alpha value is -1.71. The first-order valence-corrected chi connectivity index (χ1v) is 6.82. The van der Waals surface area contributed by atoms with E-state index in [-0.39, 0.29) is 5.84 Å². The Balaban J connectivity index is 2.27. The molecule has 0 aliphatic carbocycles. The molecule has 20 heavy (non-hydrogen) atoms. The molecule has 0 aliphatic rings. The molecule has 104 valence electrons. The molecule has 0 saturated heterocycles. The predicted molar refractivity (Wildman–Crippen MR) is 86.0 cm³/mol. The molecule has 0 heterocycles. The summed E-state index contributed by atoms with van der Waals surface area (Å²) in [6.45, 7) is 0.694. The first kappa shape index (κ1) is 14.7. The normalized spacial score (nSPS) is 10.3. The van der Waals surface area contributed by atoms with E-state index in [0.29, 0.717) is 22.2 Å². The van der Waals surface area contributed by atoms with Crippen LogP contribution in [-0.2, 0) is 6.54 Å². The first-order valence-electron chi connectivity index (χ1n) is 6.07. The van der Waals surface area contributed by atoms with Gasteiger partial charge in [-0.25, -0.2) is 0 Å². The molecule has 3 N–H and O–H groups in total. The highest BCUT2D eigenvalue weighted by Gasteiger charge is 2.11. The second-order valence-electron chi connectivity index (χ2n) is 4.56. The first-order chi connectivity index (χ1) is 9.47. The number of anilines is 1. The van der Waals surface area contributed by atoms with E-state index in [2.05, 4.69) is 0 Å². The minimum absolute atomic E-state index is 0.00505. The maximum atomic E-state index is 7.65. The molecule has 0 saturated carbocycles. The van der Waals surface area contributed by atoms with Crippen molar-refractivity contribution in [3.8, 4) is 0 Å². The van der Waals surface area contributed by atoms with Gasteiger partial charge in [0.05, 0.1) is 0 Å². The van der Waals surface area contributed by atoms with Crippen LogP contribution < -0.4 is 10.6 Å². The number of nitrogens with two attached hydrogens (primary N) is 1. The number of hydrogen-bond donors (Lipinski definition) is 2. The number of benzene rings is 2. The summed E-state index contributed by atoms with van der Waals surface area (Å²) in [6.07, 6.45) is 0. The van der Waals surface area contributed by atoms with E-state index in [1.165, 1.54) is 0 Å². The Morgan fingerprint density at radius 3 is 2.30 bits per heavy atom. The van der Waals surface area contributed by atoms with Crippen LogP contribution in [0.25, 0.3) is 0 Å². The Labute approximate surface area is 128 Å². The number of nitrogen functional groups attached to an aromatic ring is 1. The average Bonchev–Trinajstić information content (AvgIpc) is 2.41. The van der Waals surface area contributed by atoms with Crippen molar-refractivity contribution in [1.82, 2.24) is 0 Å². The van der Waals surface area contributed by atoms with Gasteiger partial charge in [-0.05, 0) is 35.9 Å². The second-order valence-corrected chi connectivity index (χ2v) is 5.43. The standard InChI is InChI=1S/C15H15Cl2N3/c1-20(9-10-2-4-11(16)5-3-10)14-7-6-12(17)8-13(14)15(18)19/h2-8H,9H2,1H3,(H3,18,19). The lowest BCUT2D eigenvalue weighted by Crippen LogP contribution is -2.22. The van der Waals surface area contributed by atoms with Crippen LogP contribution in [0.4, 0.5) is 5.69 Å². The van der Waals surface area contributed by atoms with Crippen molar-refractivity contribution in [3.63, 3.8) is 0 Å². The van der Waals surface area contributed by atoms with Crippen LogP contribution in [0.5, 0.6) is 0 Å². The van der Waals surface area contributed by atoms with E-state index in [9.17, 15) is 0 Å². The van der Waals surface area contributed by atoms with Crippen molar-refractivity contribution in [2.75, 3.05) is 11.9 Å². The minimum Gasteiger partial charge on any atom is -0.384 e. The van der Waals surface area contributed by atoms with E-state index in [1.807, 2.05) is 42.3 Å². The molecule has 0 atom stereocenters. The maximum absolute atomic E-state index is 7.65. The van der Waals surface area contributed by atoms with Crippen molar-refractivity contribution in [2.24, 2.45) is 5.73 Å². The van der Waals surface area contributed by atoms with Gasteiger partial charge in [-0.2, -0.15) is 0 Å². The molecule has 0 unspecified atom stereocenters. The van der Waals surface area contributed by atoms with Gasteiger partial charge in [0.2, 0.25) is 0 Å². The third kappa shape index (κ3) is 3.44. The van der Waals surface area contributed by atoms with Crippen LogP contribution in [0.3, 0.4) is 0 Å². The van der Waals surface area contributed by atoms with Gasteiger partial charge in [-0.15, -0.1) is 0 Å². The number of nitrogens with one attached hydrogen (secondary N) is 1. The Kier molecular flexibility index (Phi) is 4.53. The Morgan fingerprint density at radius 2 is 1.70 bits per heavy atom. The van der Waals surface area contributed by atoms with Gasteiger partial charge >= 0.3 is 0 Å². The number of rotatable bonds is 4. The summed E-state index contributed by atoms with van der Waals surface area (Å²) in [5.41, 5.74) is 8.25. The smallest absolute Gasteiger partial charge is 0.124 e. The molecule has 0 aliphatic heterocycles. The minimum atomic E-state index is 0.00505. The molecule has 0 spiro atoms. The van der Waals surface area contributed by atoms with Crippen molar-refractivity contribution in [3.05, 3.63) is 63.6 Å². The predicted octanol–water partition coefficient (Wildman–Crippen LogP) is 3.91. The zero-order valence-corrected chi connectivity index (χ0v) is 12.5. The fourth-order valence-corrected chi connectivity index (χ4v) is 2.30. The van der Waals surface area contributed by atoms with Crippen LogP contribution in [0.15, 0.2) is 42.5 Å². The maximum Gasteiger partial charge on any atom is 0.124 e. The third-order valence-electron chi connectivity index (χ3n) is 2.99. The topological polar surface area (TPSA) is 53.1 Å². The molecule has 2 rings (SSSR count). The highest BCUT2D eigenvalue weighted by Crippen LogP contribution is 2.24. The molecule has 0 amide bonds. The lowest BCUT2D eigenvalue weighted by Gasteiger charge is -2.22. The highest BCUT2D eigenvalue weighted by molar-refractivity contribution is 6.31. The molecule has 0 radical (unpaired) electrons. The van der Waals surface area contributed by atoms with Gasteiger partial charge in [0, 0.05) is 34.9 Å². The molecule has 5 heteroatoms. The summed E-state index contributed by atoms with van der Waals surface area (Å²) in [5, 5.41) is 8.93. The van der Waals surface area contributed by atoms with E-state index < -0.39 is 0 Å². The van der Waals surface area contributed by atoms with Crippen LogP contribution in [-0.4, -0.2) is 12.9 Å². The van der Waals surface area contributed by atoms with E-state index >= 15 is 0 Å². The fraction of sp³-hybridized carbons (Fsp3) is 0.133. The molecule has 0 aromatic heterocycles. The van der Waals surface area contributed by atoms with Gasteiger partial charge in [-0.3, -0.25) is 5.41 Å². The SMILES string of the molecule is CN(Cc1ccc(Cl)cc1)c1ccc(Cl)cc1C(=N)N. The second kappa shape index (κ2) is 6.16. The van der Waals surface area contributed by atoms with Crippen LogP contribution >= 0.6 is 23.2 Å². The summed E-state index contributed by atoms with van der Waals surface area (Å²) < 4.78 is 0. The molecular weight excluding hydrogens is 293 g/mol. The summed E-state index contributed by atoms with van der Waals surface area (Å²) in [5.74, 6) is 0.00505. The lowest BCUT2D eigenvalue weighted by molar-refractivity contribution is 0.921. The third-order valence-corrected chi connectivity index (χ3v) is 3.48. The molecule has 2 aromatic rings. The van der Waals surface area contributed by atoms with Crippen molar-refractivity contribution >= 4 is 34.7 Å². The monoisotopic (exact) mass is 307 g/mol. The quantitative estimate of drug-likeness (QED) is 0.664. The van der Waals surface area contributed by atoms with Crippen molar-refractivity contribution in [2.45, 2.75) is 6.54 Å². The number of halogens is 2. The summed E-state index contributed by atoms with van der Waals surface area (Å²) in [4.78, 5) is 2.02. The zero-order valence-electron chi connectivity index (χ0n) is 11.0. The lowest BCUT2D eigenvalue weighted by atomic mass is 10.1. The average molecular weight is 308 g/mol. The van der Waals surface area contributed by atoms with Crippen LogP contribution in [0, 0.1) is 5.41 Å². The number of hydrogen-bond acceptors (Lipinski definition) is 2. The van der Waals surface area contributed by atoms with Crippen molar-refractivity contribution < 1.29 is 0 Å². The number of nitrogens with zero attached hydrogens (tertiary/aromatic N) is 1. The fourth-order valence-electron chi connectivity index (χ4n) is 2.01. The van der Waals surface area contributed by atoms with Gasteiger partial charge < -0.3 is 10.6 Å². The molecule has 2 aromatic carbocycles. The van der Waals surface area contributed by atoms with Crippen LogP contribution in [0.2, 0.25) is 10.0 Å². The summed E-state index contributed by atoms with van der Waals surface area (Å²) in [7, 11) is 1.95. The Morgan fingerprint density at radius 1 is 1.10 bits per heavy atom. The highest BCUT2D eigenvalue weighted by atomic mass is 35.5. The molecular formula is C15H15Cl2N3. The van der Waals surface area contributed by atoms with Crippen molar-refractivity contribution in [1.29, 1.82) is 5.41 Å². The molecule has 3 nitrogen and oxygen atoms in total. The molecule has 0 bridgehead atoms. The number of amidine groups is 1. The van der Waals surface area contributed by atoms with Gasteiger partial charge in [-0.1, -0.05) is 35.3 Å². The summed E-state index contributed by atoms with van der Waals surface area (Å²) in [6, 6.07) is 13.0. The largest absolute Gasteiger partial charge is 0.384 e.